The number of phenolic OH excluding ortho intramolecular Hbond substituents is 1. The number of esters is 1. The molecule has 16 heavy (non-hydrogen) atoms. The molecule has 4 heteroatoms. The number of benzene rings is 1. The van der Waals surface area contributed by atoms with E-state index >= 15 is 0 Å². The maximum atomic E-state index is 10.3. The van der Waals surface area contributed by atoms with E-state index in [4.69, 9.17) is 10.2 Å². The number of phenols is 1. The zero-order valence-electron chi connectivity index (χ0n) is 9.17. The maximum absolute atomic E-state index is 10.3. The molecule has 0 aliphatic rings. The van der Waals surface area contributed by atoms with E-state index < -0.39 is 12.3 Å². The van der Waals surface area contributed by atoms with Crippen molar-refractivity contribution in [1.29, 1.82) is 0 Å². The molecule has 1 aromatic rings. The lowest BCUT2D eigenvalue weighted by atomic mass is 10.3. The quantitative estimate of drug-likeness (QED) is 0.467. The van der Waals surface area contributed by atoms with Crippen LogP contribution in [0.15, 0.2) is 43.0 Å². The van der Waals surface area contributed by atoms with Gasteiger partial charge in [0.2, 0.25) is 6.29 Å². The van der Waals surface area contributed by atoms with Crippen LogP contribution in [0, 0.1) is 0 Å². The largest absolute Gasteiger partial charge is 0.508 e. The van der Waals surface area contributed by atoms with Crippen molar-refractivity contribution in [2.75, 3.05) is 0 Å². The third kappa shape index (κ3) is 7.58. The number of carbonyl (C=O) groups excluding carboxylic acids is 1. The SMILES string of the molecule is C=CC(=O)OC(O)CC.Oc1ccccc1. The second kappa shape index (κ2) is 8.49. The van der Waals surface area contributed by atoms with E-state index in [9.17, 15) is 4.79 Å². The molecule has 1 rings (SSSR count). The number of para-hydroxylation sites is 1. The average Bonchev–Trinajstić information content (AvgIpc) is 2.30. The fourth-order valence-corrected chi connectivity index (χ4v) is 0.694. The standard InChI is InChI=1S/C6H10O3.C6H6O/c1-3-5(7)9-6(8)4-2;7-6-4-2-1-3-5-6/h3,6,8H,1,4H2,2H3;1-5,7H. The fourth-order valence-electron chi connectivity index (χ4n) is 0.694. The Hall–Kier alpha value is -1.81. The van der Waals surface area contributed by atoms with Crippen molar-refractivity contribution < 1.29 is 19.7 Å². The van der Waals surface area contributed by atoms with Gasteiger partial charge in [0.1, 0.15) is 5.75 Å². The molecule has 88 valence electrons. The van der Waals surface area contributed by atoms with Gasteiger partial charge in [-0.3, -0.25) is 0 Å². The molecule has 1 aromatic carbocycles. The van der Waals surface area contributed by atoms with Crippen LogP contribution in [0.25, 0.3) is 0 Å². The molecule has 0 saturated heterocycles. The van der Waals surface area contributed by atoms with Crippen LogP contribution in [-0.4, -0.2) is 22.5 Å². The number of ether oxygens (including phenoxy) is 1. The number of carbonyl (C=O) groups is 1. The van der Waals surface area contributed by atoms with E-state index in [-0.39, 0.29) is 0 Å². The van der Waals surface area contributed by atoms with Crippen molar-refractivity contribution in [3.63, 3.8) is 0 Å². The molecule has 0 saturated carbocycles. The van der Waals surface area contributed by atoms with Crippen LogP contribution in [0.5, 0.6) is 5.75 Å². The monoisotopic (exact) mass is 224 g/mol. The topological polar surface area (TPSA) is 66.8 Å². The van der Waals surface area contributed by atoms with E-state index in [1.807, 2.05) is 6.07 Å². The van der Waals surface area contributed by atoms with Crippen LogP contribution in [-0.2, 0) is 9.53 Å². The molecule has 0 aliphatic heterocycles. The Kier molecular flexibility index (Phi) is 7.53. The molecular weight excluding hydrogens is 208 g/mol. The molecule has 2 N–H and O–H groups in total. The van der Waals surface area contributed by atoms with Crippen molar-refractivity contribution in [2.45, 2.75) is 19.6 Å². The Morgan fingerprint density at radius 3 is 2.38 bits per heavy atom. The molecule has 4 nitrogen and oxygen atoms in total. The minimum absolute atomic E-state index is 0.322. The molecule has 0 bridgehead atoms. The summed E-state index contributed by atoms with van der Waals surface area (Å²) in [5.74, 6) is -0.271. The van der Waals surface area contributed by atoms with Gasteiger partial charge in [-0.05, 0) is 12.1 Å². The minimum atomic E-state index is -0.990. The van der Waals surface area contributed by atoms with Crippen LogP contribution in [0.2, 0.25) is 0 Å². The van der Waals surface area contributed by atoms with Crippen LogP contribution in [0.3, 0.4) is 0 Å². The highest BCUT2D eigenvalue weighted by Gasteiger charge is 2.02. The molecule has 0 aliphatic carbocycles. The van der Waals surface area contributed by atoms with Gasteiger partial charge in [0.05, 0.1) is 0 Å². The summed E-state index contributed by atoms with van der Waals surface area (Å²) in [6.07, 6.45) is 0.425. The Balaban J connectivity index is 0.000000288. The lowest BCUT2D eigenvalue weighted by Crippen LogP contribution is -2.14. The normalized spacial score (nSPS) is 10.6. The molecular formula is C12H16O4. The third-order valence-corrected chi connectivity index (χ3v) is 1.52. The zero-order valence-corrected chi connectivity index (χ0v) is 9.17. The summed E-state index contributed by atoms with van der Waals surface area (Å²) in [6, 6.07) is 8.71. The van der Waals surface area contributed by atoms with Gasteiger partial charge in [-0.25, -0.2) is 4.79 Å². The zero-order chi connectivity index (χ0) is 12.4. The summed E-state index contributed by atoms with van der Waals surface area (Å²) in [5.41, 5.74) is 0. The first-order valence-corrected chi connectivity index (χ1v) is 4.85. The highest BCUT2D eigenvalue weighted by Crippen LogP contribution is 2.02. The summed E-state index contributed by atoms with van der Waals surface area (Å²) in [5, 5.41) is 17.3. The van der Waals surface area contributed by atoms with Gasteiger partial charge in [-0.2, -0.15) is 0 Å². The van der Waals surface area contributed by atoms with Crippen LogP contribution in [0.1, 0.15) is 13.3 Å². The Morgan fingerprint density at radius 1 is 1.50 bits per heavy atom. The molecule has 1 atom stereocenters. The number of hydrogen-bond donors (Lipinski definition) is 2. The fraction of sp³-hybridized carbons (Fsp3) is 0.250. The predicted molar refractivity (Wildman–Crippen MR) is 60.7 cm³/mol. The van der Waals surface area contributed by atoms with Crippen molar-refractivity contribution >= 4 is 5.97 Å². The van der Waals surface area contributed by atoms with Crippen molar-refractivity contribution in [2.24, 2.45) is 0 Å². The maximum Gasteiger partial charge on any atom is 0.332 e. The number of aliphatic hydroxyl groups excluding tert-OH is 1. The predicted octanol–water partition coefficient (Wildman–Crippen LogP) is 1.84. The Labute approximate surface area is 94.8 Å². The molecule has 0 amide bonds. The number of hydrogen-bond acceptors (Lipinski definition) is 4. The number of rotatable bonds is 3. The van der Waals surface area contributed by atoms with Crippen molar-refractivity contribution in [3.05, 3.63) is 43.0 Å². The first kappa shape index (κ1) is 14.2. The number of aliphatic hydroxyl groups is 1. The first-order chi connectivity index (χ1) is 7.60. The lowest BCUT2D eigenvalue weighted by Gasteiger charge is -2.05. The summed E-state index contributed by atoms with van der Waals surface area (Å²) in [6.45, 7) is 4.87. The molecule has 0 heterocycles. The van der Waals surface area contributed by atoms with Crippen LogP contribution >= 0.6 is 0 Å². The van der Waals surface area contributed by atoms with Gasteiger partial charge >= 0.3 is 5.97 Å². The highest BCUT2D eigenvalue weighted by molar-refractivity contribution is 5.81. The van der Waals surface area contributed by atoms with Gasteiger partial charge in [-0.1, -0.05) is 31.7 Å². The summed E-state index contributed by atoms with van der Waals surface area (Å²) in [7, 11) is 0. The molecule has 0 aromatic heterocycles. The molecule has 0 radical (unpaired) electrons. The van der Waals surface area contributed by atoms with Crippen molar-refractivity contribution in [1.82, 2.24) is 0 Å². The van der Waals surface area contributed by atoms with Gasteiger partial charge in [-0.15, -0.1) is 0 Å². The van der Waals surface area contributed by atoms with E-state index in [1.54, 1.807) is 31.2 Å². The van der Waals surface area contributed by atoms with Gasteiger partial charge in [0.25, 0.3) is 0 Å². The second-order valence-electron chi connectivity index (χ2n) is 2.84. The molecule has 0 fully saturated rings. The summed E-state index contributed by atoms with van der Waals surface area (Å²) >= 11 is 0. The van der Waals surface area contributed by atoms with E-state index in [0.717, 1.165) is 6.08 Å². The average molecular weight is 224 g/mol. The van der Waals surface area contributed by atoms with Gasteiger partial charge in [0.15, 0.2) is 0 Å². The Morgan fingerprint density at radius 2 is 2.06 bits per heavy atom. The third-order valence-electron chi connectivity index (χ3n) is 1.52. The van der Waals surface area contributed by atoms with Gasteiger partial charge in [0, 0.05) is 12.5 Å². The van der Waals surface area contributed by atoms with E-state index in [0.29, 0.717) is 12.2 Å². The van der Waals surface area contributed by atoms with E-state index in [1.165, 1.54) is 0 Å². The van der Waals surface area contributed by atoms with E-state index in [2.05, 4.69) is 11.3 Å². The van der Waals surface area contributed by atoms with Crippen LogP contribution < -0.4 is 0 Å². The second-order valence-corrected chi connectivity index (χ2v) is 2.84. The van der Waals surface area contributed by atoms with Gasteiger partial charge < -0.3 is 14.9 Å². The highest BCUT2D eigenvalue weighted by atomic mass is 16.6. The number of aromatic hydroxyl groups is 1. The molecule has 1 unspecified atom stereocenters. The lowest BCUT2D eigenvalue weighted by molar-refractivity contribution is -0.161. The van der Waals surface area contributed by atoms with Crippen LogP contribution in [0.4, 0.5) is 0 Å². The van der Waals surface area contributed by atoms with Crippen molar-refractivity contribution in [3.8, 4) is 5.75 Å². The molecule has 0 spiro atoms. The summed E-state index contributed by atoms with van der Waals surface area (Å²) < 4.78 is 4.35. The summed E-state index contributed by atoms with van der Waals surface area (Å²) in [4.78, 5) is 10.3. The first-order valence-electron chi connectivity index (χ1n) is 4.85. The Bertz CT molecular complexity index is 308. The minimum Gasteiger partial charge on any atom is -0.508 e. The smallest absolute Gasteiger partial charge is 0.332 e.